The summed E-state index contributed by atoms with van der Waals surface area (Å²) in [7, 11) is 0. The molecule has 0 aromatic heterocycles. The van der Waals surface area contributed by atoms with Crippen LogP contribution in [0.25, 0.3) is 0 Å². The van der Waals surface area contributed by atoms with Crippen molar-refractivity contribution >= 4 is 29.3 Å². The fraction of sp³-hybridized carbons (Fsp3) is 0.125. The SMILES string of the molecule is Cc1ccc(SCN2C(=O)c3ccccc3C2=O)c(N)c1. The normalized spacial score (nSPS) is 13.7. The molecule has 106 valence electrons. The fourth-order valence-corrected chi connectivity index (χ4v) is 3.18. The van der Waals surface area contributed by atoms with Crippen LogP contribution in [0.15, 0.2) is 47.4 Å². The number of hydrogen-bond acceptors (Lipinski definition) is 4. The number of amides is 2. The summed E-state index contributed by atoms with van der Waals surface area (Å²) in [6, 6.07) is 12.6. The molecule has 0 saturated carbocycles. The lowest BCUT2D eigenvalue weighted by Crippen LogP contribution is -2.29. The van der Waals surface area contributed by atoms with Crippen LogP contribution in [-0.4, -0.2) is 22.6 Å². The highest BCUT2D eigenvalue weighted by atomic mass is 32.2. The van der Waals surface area contributed by atoms with Gasteiger partial charge in [-0.2, -0.15) is 0 Å². The van der Waals surface area contributed by atoms with E-state index in [1.165, 1.54) is 16.7 Å². The third kappa shape index (κ3) is 2.40. The smallest absolute Gasteiger partial charge is 0.262 e. The van der Waals surface area contributed by atoms with Crippen LogP contribution in [0.5, 0.6) is 0 Å². The molecule has 2 amide bonds. The predicted octanol–water partition coefficient (Wildman–Crippen LogP) is 2.92. The monoisotopic (exact) mass is 298 g/mol. The topological polar surface area (TPSA) is 63.4 Å². The molecule has 5 heteroatoms. The van der Waals surface area contributed by atoms with Crippen molar-refractivity contribution in [2.45, 2.75) is 11.8 Å². The number of imide groups is 1. The molecular formula is C16H14N2O2S. The summed E-state index contributed by atoms with van der Waals surface area (Å²) in [6.45, 7) is 1.97. The molecule has 2 aromatic rings. The number of thioether (sulfide) groups is 1. The molecule has 1 aliphatic rings. The van der Waals surface area contributed by atoms with Crippen LogP contribution in [-0.2, 0) is 0 Å². The van der Waals surface area contributed by atoms with Crippen molar-refractivity contribution in [1.29, 1.82) is 0 Å². The van der Waals surface area contributed by atoms with Crippen molar-refractivity contribution in [3.63, 3.8) is 0 Å². The molecule has 21 heavy (non-hydrogen) atoms. The van der Waals surface area contributed by atoms with Gasteiger partial charge in [0.2, 0.25) is 0 Å². The zero-order chi connectivity index (χ0) is 15.0. The van der Waals surface area contributed by atoms with E-state index in [1.807, 2.05) is 25.1 Å². The molecule has 2 N–H and O–H groups in total. The van der Waals surface area contributed by atoms with Gasteiger partial charge in [-0.1, -0.05) is 18.2 Å². The van der Waals surface area contributed by atoms with Crippen LogP contribution in [0.2, 0.25) is 0 Å². The Morgan fingerprint density at radius 3 is 2.24 bits per heavy atom. The highest BCUT2D eigenvalue weighted by Gasteiger charge is 2.34. The summed E-state index contributed by atoms with van der Waals surface area (Å²) < 4.78 is 0. The van der Waals surface area contributed by atoms with Crippen molar-refractivity contribution in [3.05, 3.63) is 59.2 Å². The fourth-order valence-electron chi connectivity index (χ4n) is 2.29. The molecule has 0 spiro atoms. The van der Waals surface area contributed by atoms with Gasteiger partial charge in [0.15, 0.2) is 0 Å². The van der Waals surface area contributed by atoms with Gasteiger partial charge < -0.3 is 5.73 Å². The third-order valence-electron chi connectivity index (χ3n) is 3.39. The summed E-state index contributed by atoms with van der Waals surface area (Å²) in [5.41, 5.74) is 8.64. The Morgan fingerprint density at radius 1 is 1.05 bits per heavy atom. The van der Waals surface area contributed by atoms with Crippen molar-refractivity contribution in [3.8, 4) is 0 Å². The number of nitrogens with two attached hydrogens (primary N) is 1. The second-order valence-electron chi connectivity index (χ2n) is 4.90. The lowest BCUT2D eigenvalue weighted by atomic mass is 10.1. The maximum absolute atomic E-state index is 12.2. The molecule has 1 heterocycles. The number of nitrogen functional groups attached to an aromatic ring is 1. The van der Waals surface area contributed by atoms with Gasteiger partial charge in [0.1, 0.15) is 0 Å². The summed E-state index contributed by atoms with van der Waals surface area (Å²) in [5, 5.41) is 0. The van der Waals surface area contributed by atoms with Crippen LogP contribution >= 0.6 is 11.8 Å². The van der Waals surface area contributed by atoms with E-state index >= 15 is 0 Å². The van der Waals surface area contributed by atoms with E-state index in [4.69, 9.17) is 5.73 Å². The average Bonchev–Trinajstić information content (AvgIpc) is 2.71. The number of aryl methyl sites for hydroxylation is 1. The average molecular weight is 298 g/mol. The molecule has 2 aromatic carbocycles. The highest BCUT2D eigenvalue weighted by Crippen LogP contribution is 2.30. The minimum Gasteiger partial charge on any atom is -0.398 e. The van der Waals surface area contributed by atoms with Crippen LogP contribution in [0.3, 0.4) is 0 Å². The maximum Gasteiger partial charge on any atom is 0.262 e. The van der Waals surface area contributed by atoms with E-state index in [9.17, 15) is 9.59 Å². The quantitative estimate of drug-likeness (QED) is 0.537. The summed E-state index contributed by atoms with van der Waals surface area (Å²) in [6.07, 6.45) is 0. The van der Waals surface area contributed by atoms with Gasteiger partial charge in [0, 0.05) is 10.6 Å². The predicted molar refractivity (Wildman–Crippen MR) is 83.3 cm³/mol. The Hall–Kier alpha value is -2.27. The third-order valence-corrected chi connectivity index (χ3v) is 4.46. The molecule has 0 fully saturated rings. The second kappa shape index (κ2) is 5.26. The number of hydrogen-bond donors (Lipinski definition) is 1. The number of anilines is 1. The zero-order valence-electron chi connectivity index (χ0n) is 11.5. The first-order chi connectivity index (χ1) is 10.1. The largest absolute Gasteiger partial charge is 0.398 e. The number of rotatable bonds is 3. The molecule has 0 atom stereocenters. The van der Waals surface area contributed by atoms with E-state index in [0.717, 1.165) is 10.5 Å². The van der Waals surface area contributed by atoms with Crippen LogP contribution in [0, 0.1) is 6.92 Å². The Balaban J connectivity index is 1.78. The molecule has 0 saturated heterocycles. The Kier molecular flexibility index (Phi) is 3.43. The van der Waals surface area contributed by atoms with E-state index in [-0.39, 0.29) is 17.7 Å². The number of carbonyl (C=O) groups excluding carboxylic acids is 2. The zero-order valence-corrected chi connectivity index (χ0v) is 12.3. The summed E-state index contributed by atoms with van der Waals surface area (Å²) in [4.78, 5) is 26.6. The van der Waals surface area contributed by atoms with Crippen molar-refractivity contribution in [1.82, 2.24) is 4.90 Å². The van der Waals surface area contributed by atoms with E-state index in [2.05, 4.69) is 0 Å². The number of nitrogens with zero attached hydrogens (tertiary/aromatic N) is 1. The first kappa shape index (κ1) is 13.7. The summed E-state index contributed by atoms with van der Waals surface area (Å²) >= 11 is 1.39. The van der Waals surface area contributed by atoms with Gasteiger partial charge in [0.05, 0.1) is 17.0 Å². The summed E-state index contributed by atoms with van der Waals surface area (Å²) in [5.74, 6) is -0.220. The minimum atomic E-state index is -0.242. The lowest BCUT2D eigenvalue weighted by molar-refractivity contribution is 0.0684. The van der Waals surface area contributed by atoms with Crippen LogP contribution in [0.1, 0.15) is 26.3 Å². The maximum atomic E-state index is 12.2. The first-order valence-electron chi connectivity index (χ1n) is 6.52. The van der Waals surface area contributed by atoms with Gasteiger partial charge in [-0.15, -0.1) is 11.8 Å². The number of carbonyl (C=O) groups is 2. The molecule has 0 unspecified atom stereocenters. The van der Waals surface area contributed by atoms with Gasteiger partial charge in [-0.3, -0.25) is 14.5 Å². The van der Waals surface area contributed by atoms with Gasteiger partial charge in [-0.25, -0.2) is 0 Å². The first-order valence-corrected chi connectivity index (χ1v) is 7.50. The highest BCUT2D eigenvalue weighted by molar-refractivity contribution is 7.99. The van der Waals surface area contributed by atoms with Crippen molar-refractivity contribution in [2.24, 2.45) is 0 Å². The Labute approximate surface area is 126 Å². The van der Waals surface area contributed by atoms with Crippen molar-refractivity contribution in [2.75, 3.05) is 11.6 Å². The van der Waals surface area contributed by atoms with Crippen LogP contribution < -0.4 is 5.73 Å². The van der Waals surface area contributed by atoms with Gasteiger partial charge >= 0.3 is 0 Å². The number of benzene rings is 2. The van der Waals surface area contributed by atoms with E-state index in [0.29, 0.717) is 16.8 Å². The Morgan fingerprint density at radius 2 is 1.67 bits per heavy atom. The van der Waals surface area contributed by atoms with Crippen LogP contribution in [0.4, 0.5) is 5.69 Å². The standard InChI is InChI=1S/C16H14N2O2S/c1-10-6-7-14(13(17)8-10)21-9-18-15(19)11-4-2-3-5-12(11)16(18)20/h2-8H,9,17H2,1H3. The second-order valence-corrected chi connectivity index (χ2v) is 5.89. The molecule has 1 aliphatic heterocycles. The lowest BCUT2D eigenvalue weighted by Gasteiger charge is -2.14. The molecule has 0 bridgehead atoms. The Bertz CT molecular complexity index is 708. The van der Waals surface area contributed by atoms with Crippen molar-refractivity contribution < 1.29 is 9.59 Å². The molecule has 0 aliphatic carbocycles. The van der Waals surface area contributed by atoms with Gasteiger partial charge in [0.25, 0.3) is 11.8 Å². The van der Waals surface area contributed by atoms with E-state index in [1.54, 1.807) is 24.3 Å². The molecule has 4 nitrogen and oxygen atoms in total. The molecule has 3 rings (SSSR count). The van der Waals surface area contributed by atoms with E-state index < -0.39 is 0 Å². The molecule has 0 radical (unpaired) electrons. The number of fused-ring (bicyclic) bond motifs is 1. The molecular weight excluding hydrogens is 284 g/mol. The minimum absolute atomic E-state index is 0.242. The van der Waals surface area contributed by atoms with Gasteiger partial charge in [-0.05, 0) is 36.8 Å².